The largest absolute Gasteiger partial charge is 0.480 e. The van der Waals surface area contributed by atoms with E-state index in [2.05, 4.69) is 4.98 Å². The van der Waals surface area contributed by atoms with Crippen LogP contribution in [-0.2, 0) is 4.79 Å². The zero-order valence-corrected chi connectivity index (χ0v) is 9.23. The van der Waals surface area contributed by atoms with Crippen molar-refractivity contribution in [3.8, 4) is 5.88 Å². The molecule has 0 saturated carbocycles. The molecule has 1 aromatic rings. The van der Waals surface area contributed by atoms with Gasteiger partial charge in [0.2, 0.25) is 5.88 Å². The lowest BCUT2D eigenvalue weighted by Crippen LogP contribution is -2.00. The predicted octanol–water partition coefficient (Wildman–Crippen LogP) is 1.55. The molecular weight excluding hydrogens is 208 g/mol. The standard InChI is InChI=1S/C11H14N2O3/c1-3-7(11(14)15)6-8-4-5-9(12)10(13-8)16-2/h4-6H,3,12H2,1-2H3,(H,14,15). The fraction of sp³-hybridized carbons (Fsp3) is 0.273. The van der Waals surface area contributed by atoms with E-state index in [0.29, 0.717) is 29.3 Å². The fourth-order valence-corrected chi connectivity index (χ4v) is 1.20. The van der Waals surface area contributed by atoms with Gasteiger partial charge in [-0.15, -0.1) is 0 Å². The van der Waals surface area contributed by atoms with E-state index in [9.17, 15) is 4.79 Å². The average molecular weight is 222 g/mol. The summed E-state index contributed by atoms with van der Waals surface area (Å²) in [6, 6.07) is 3.28. The van der Waals surface area contributed by atoms with E-state index in [1.165, 1.54) is 13.2 Å². The summed E-state index contributed by atoms with van der Waals surface area (Å²) < 4.78 is 4.95. The average Bonchev–Trinajstić information content (AvgIpc) is 2.27. The Bertz CT molecular complexity index is 427. The maximum Gasteiger partial charge on any atom is 0.331 e. The first-order valence-corrected chi connectivity index (χ1v) is 4.82. The summed E-state index contributed by atoms with van der Waals surface area (Å²) in [5, 5.41) is 8.86. The van der Waals surface area contributed by atoms with Crippen molar-refractivity contribution < 1.29 is 14.6 Å². The third-order valence-electron chi connectivity index (χ3n) is 2.08. The number of aliphatic carboxylic acids is 1. The molecule has 0 radical (unpaired) electrons. The van der Waals surface area contributed by atoms with Gasteiger partial charge < -0.3 is 15.6 Å². The number of carbonyl (C=O) groups is 1. The number of hydrogen-bond acceptors (Lipinski definition) is 4. The van der Waals surface area contributed by atoms with Crippen molar-refractivity contribution in [2.75, 3.05) is 12.8 Å². The maximum absolute atomic E-state index is 10.8. The number of nitrogen functional groups attached to an aromatic ring is 1. The lowest BCUT2D eigenvalue weighted by molar-refractivity contribution is -0.132. The molecule has 1 aromatic heterocycles. The first-order chi connectivity index (χ1) is 7.58. The summed E-state index contributed by atoms with van der Waals surface area (Å²) in [7, 11) is 1.46. The molecule has 1 rings (SSSR count). The minimum Gasteiger partial charge on any atom is -0.480 e. The summed E-state index contributed by atoms with van der Waals surface area (Å²) in [4.78, 5) is 14.9. The van der Waals surface area contributed by atoms with Crippen LogP contribution in [-0.4, -0.2) is 23.2 Å². The predicted molar refractivity (Wildman–Crippen MR) is 61.1 cm³/mol. The number of ether oxygens (including phenoxy) is 1. The lowest BCUT2D eigenvalue weighted by atomic mass is 10.1. The second kappa shape index (κ2) is 5.16. The van der Waals surface area contributed by atoms with Crippen LogP contribution >= 0.6 is 0 Å². The molecule has 0 aliphatic carbocycles. The first kappa shape index (κ1) is 12.0. The number of aromatic nitrogens is 1. The summed E-state index contributed by atoms with van der Waals surface area (Å²) in [6.45, 7) is 1.77. The monoisotopic (exact) mass is 222 g/mol. The number of rotatable bonds is 4. The third-order valence-corrected chi connectivity index (χ3v) is 2.08. The smallest absolute Gasteiger partial charge is 0.331 e. The molecular formula is C11H14N2O3. The van der Waals surface area contributed by atoms with Gasteiger partial charge in [-0.1, -0.05) is 6.92 Å². The Morgan fingerprint density at radius 1 is 1.62 bits per heavy atom. The van der Waals surface area contributed by atoms with E-state index in [4.69, 9.17) is 15.6 Å². The van der Waals surface area contributed by atoms with Crippen LogP contribution in [0.2, 0.25) is 0 Å². The Balaban J connectivity index is 3.10. The highest BCUT2D eigenvalue weighted by Crippen LogP contribution is 2.19. The zero-order valence-electron chi connectivity index (χ0n) is 9.23. The molecule has 3 N–H and O–H groups in total. The van der Waals surface area contributed by atoms with Gasteiger partial charge in [0.15, 0.2) is 0 Å². The number of carboxylic acids is 1. The van der Waals surface area contributed by atoms with Crippen molar-refractivity contribution in [1.29, 1.82) is 0 Å². The van der Waals surface area contributed by atoms with Gasteiger partial charge in [0.05, 0.1) is 18.5 Å². The second-order valence-corrected chi connectivity index (χ2v) is 3.16. The van der Waals surface area contributed by atoms with E-state index < -0.39 is 5.97 Å². The molecule has 86 valence electrons. The quantitative estimate of drug-likeness (QED) is 0.755. The molecule has 5 heteroatoms. The van der Waals surface area contributed by atoms with Crippen LogP contribution in [0.4, 0.5) is 5.69 Å². The van der Waals surface area contributed by atoms with Crippen LogP contribution in [0.1, 0.15) is 19.0 Å². The van der Waals surface area contributed by atoms with E-state index in [-0.39, 0.29) is 0 Å². The number of hydrogen-bond donors (Lipinski definition) is 2. The van der Waals surface area contributed by atoms with Gasteiger partial charge in [0.1, 0.15) is 0 Å². The summed E-state index contributed by atoms with van der Waals surface area (Å²) >= 11 is 0. The topological polar surface area (TPSA) is 85.4 Å². The number of carboxylic acid groups (broad SMARTS) is 1. The Labute approximate surface area is 93.6 Å². The number of nitrogens with two attached hydrogens (primary N) is 1. The second-order valence-electron chi connectivity index (χ2n) is 3.16. The lowest BCUT2D eigenvalue weighted by Gasteiger charge is -2.04. The number of anilines is 1. The molecule has 0 unspecified atom stereocenters. The van der Waals surface area contributed by atoms with Gasteiger partial charge in [-0.05, 0) is 24.6 Å². The Kier molecular flexibility index (Phi) is 3.88. The third kappa shape index (κ3) is 2.73. The highest BCUT2D eigenvalue weighted by atomic mass is 16.5. The molecule has 0 aromatic carbocycles. The number of methoxy groups -OCH3 is 1. The van der Waals surface area contributed by atoms with Crippen LogP contribution in [0.5, 0.6) is 5.88 Å². The Morgan fingerprint density at radius 2 is 2.31 bits per heavy atom. The molecule has 0 spiro atoms. The molecule has 0 aliphatic heterocycles. The van der Waals surface area contributed by atoms with Crippen molar-refractivity contribution in [3.63, 3.8) is 0 Å². The normalized spacial score (nSPS) is 11.2. The summed E-state index contributed by atoms with van der Waals surface area (Å²) in [6.07, 6.45) is 1.94. The van der Waals surface area contributed by atoms with Gasteiger partial charge >= 0.3 is 5.97 Å². The minimum absolute atomic E-state index is 0.291. The van der Waals surface area contributed by atoms with E-state index >= 15 is 0 Å². The zero-order chi connectivity index (χ0) is 12.1. The molecule has 1 heterocycles. The molecule has 5 nitrogen and oxygen atoms in total. The van der Waals surface area contributed by atoms with Gasteiger partial charge in [0, 0.05) is 5.57 Å². The molecule has 0 amide bonds. The maximum atomic E-state index is 10.8. The highest BCUT2D eigenvalue weighted by Gasteiger charge is 2.06. The highest BCUT2D eigenvalue weighted by molar-refractivity contribution is 5.91. The molecule has 0 fully saturated rings. The summed E-state index contributed by atoms with van der Waals surface area (Å²) in [5.41, 5.74) is 6.83. The fourth-order valence-electron chi connectivity index (χ4n) is 1.20. The van der Waals surface area contributed by atoms with Gasteiger partial charge in [0.25, 0.3) is 0 Å². The van der Waals surface area contributed by atoms with Crippen LogP contribution < -0.4 is 10.5 Å². The van der Waals surface area contributed by atoms with E-state index in [1.807, 2.05) is 0 Å². The van der Waals surface area contributed by atoms with Crippen molar-refractivity contribution in [3.05, 3.63) is 23.4 Å². The molecule has 0 atom stereocenters. The molecule has 0 saturated heterocycles. The van der Waals surface area contributed by atoms with Crippen molar-refractivity contribution in [1.82, 2.24) is 4.98 Å². The summed E-state index contributed by atoms with van der Waals surface area (Å²) in [5.74, 6) is -0.644. The van der Waals surface area contributed by atoms with Crippen molar-refractivity contribution in [2.45, 2.75) is 13.3 Å². The van der Waals surface area contributed by atoms with E-state index in [0.717, 1.165) is 0 Å². The molecule has 0 bridgehead atoms. The van der Waals surface area contributed by atoms with Crippen LogP contribution in [0, 0.1) is 0 Å². The van der Waals surface area contributed by atoms with Crippen molar-refractivity contribution >= 4 is 17.7 Å². The SMILES string of the molecule is CCC(=Cc1ccc(N)c(OC)n1)C(=O)O. The molecule has 16 heavy (non-hydrogen) atoms. The van der Waals surface area contributed by atoms with Gasteiger partial charge in [-0.2, -0.15) is 0 Å². The molecule has 0 aliphatic rings. The van der Waals surface area contributed by atoms with E-state index in [1.54, 1.807) is 19.1 Å². The van der Waals surface area contributed by atoms with Gasteiger partial charge in [-0.25, -0.2) is 9.78 Å². The van der Waals surface area contributed by atoms with Crippen LogP contribution in [0.3, 0.4) is 0 Å². The Hall–Kier alpha value is -2.04. The number of nitrogens with zero attached hydrogens (tertiary/aromatic N) is 1. The van der Waals surface area contributed by atoms with Crippen LogP contribution in [0.25, 0.3) is 6.08 Å². The Morgan fingerprint density at radius 3 is 2.81 bits per heavy atom. The van der Waals surface area contributed by atoms with Gasteiger partial charge in [-0.3, -0.25) is 0 Å². The number of pyridine rings is 1. The minimum atomic E-state index is -0.944. The van der Waals surface area contributed by atoms with Crippen molar-refractivity contribution in [2.24, 2.45) is 0 Å². The first-order valence-electron chi connectivity index (χ1n) is 4.82. The van der Waals surface area contributed by atoms with Crippen LogP contribution in [0.15, 0.2) is 17.7 Å².